The molecule has 0 aliphatic carbocycles. The van der Waals surface area contributed by atoms with Gasteiger partial charge in [0.15, 0.2) is 0 Å². The molecule has 0 heterocycles. The van der Waals surface area contributed by atoms with E-state index in [1.54, 1.807) is 12.1 Å². The molecule has 0 aliphatic rings. The van der Waals surface area contributed by atoms with E-state index in [2.05, 4.69) is 26.0 Å². The fourth-order valence-corrected chi connectivity index (χ4v) is 2.63. The molecule has 2 rings (SSSR count). The van der Waals surface area contributed by atoms with Crippen molar-refractivity contribution in [1.29, 1.82) is 0 Å². The fraction of sp³-hybridized carbons (Fsp3) is 0.250. The maximum absolute atomic E-state index is 11.1. The van der Waals surface area contributed by atoms with Crippen molar-refractivity contribution < 1.29 is 13.2 Å². The Morgan fingerprint density at radius 3 is 2.05 bits per heavy atom. The van der Waals surface area contributed by atoms with E-state index in [0.29, 0.717) is 18.3 Å². The van der Waals surface area contributed by atoms with Crippen molar-refractivity contribution in [2.24, 2.45) is 0 Å². The van der Waals surface area contributed by atoms with Gasteiger partial charge in [-0.3, -0.25) is 0 Å². The lowest BCUT2D eigenvalue weighted by molar-refractivity contribution is 0.306. The van der Waals surface area contributed by atoms with Crippen LogP contribution in [0.2, 0.25) is 0 Å². The predicted molar refractivity (Wildman–Crippen MR) is 84.3 cm³/mol. The van der Waals surface area contributed by atoms with Crippen LogP contribution in [0.1, 0.15) is 30.9 Å². The largest absolute Gasteiger partial charge is 0.489 e. The van der Waals surface area contributed by atoms with Crippen molar-refractivity contribution in [3.63, 3.8) is 0 Å². The van der Waals surface area contributed by atoms with Crippen molar-refractivity contribution in [2.75, 3.05) is 0 Å². The highest BCUT2D eigenvalue weighted by molar-refractivity contribution is 8.13. The number of halogens is 1. The minimum absolute atomic E-state index is 0.0674. The Morgan fingerprint density at radius 2 is 1.57 bits per heavy atom. The minimum atomic E-state index is -3.68. The molecular weight excluding hydrogens is 308 g/mol. The molecule has 0 bridgehead atoms. The zero-order chi connectivity index (χ0) is 15.5. The van der Waals surface area contributed by atoms with Crippen molar-refractivity contribution in [2.45, 2.75) is 31.3 Å². The topological polar surface area (TPSA) is 43.4 Å². The van der Waals surface area contributed by atoms with E-state index in [4.69, 9.17) is 15.4 Å². The van der Waals surface area contributed by atoms with Gasteiger partial charge in [0, 0.05) is 10.7 Å². The highest BCUT2D eigenvalue weighted by Gasteiger charge is 2.09. The summed E-state index contributed by atoms with van der Waals surface area (Å²) in [6, 6.07) is 14.3. The van der Waals surface area contributed by atoms with E-state index >= 15 is 0 Å². The lowest BCUT2D eigenvalue weighted by Crippen LogP contribution is -1.97. The van der Waals surface area contributed by atoms with Crippen LogP contribution in [-0.2, 0) is 15.7 Å². The van der Waals surface area contributed by atoms with Gasteiger partial charge in [-0.15, -0.1) is 0 Å². The molecule has 112 valence electrons. The monoisotopic (exact) mass is 324 g/mol. The van der Waals surface area contributed by atoms with Crippen LogP contribution in [0.3, 0.4) is 0 Å². The van der Waals surface area contributed by atoms with Crippen molar-refractivity contribution in [3.8, 4) is 5.75 Å². The third-order valence-corrected chi connectivity index (χ3v) is 4.53. The number of hydrogen-bond acceptors (Lipinski definition) is 3. The van der Waals surface area contributed by atoms with Crippen LogP contribution in [0, 0.1) is 0 Å². The molecule has 0 fully saturated rings. The smallest absolute Gasteiger partial charge is 0.261 e. The van der Waals surface area contributed by atoms with Crippen LogP contribution in [0.25, 0.3) is 0 Å². The first kappa shape index (κ1) is 15.9. The Balaban J connectivity index is 2.00. The van der Waals surface area contributed by atoms with Gasteiger partial charge in [-0.05, 0) is 41.3 Å². The first-order valence-corrected chi connectivity index (χ1v) is 8.93. The fourth-order valence-electron chi connectivity index (χ4n) is 1.86. The molecule has 0 N–H and O–H groups in total. The zero-order valence-corrected chi connectivity index (χ0v) is 13.5. The summed E-state index contributed by atoms with van der Waals surface area (Å²) in [5.41, 5.74) is 2.35. The van der Waals surface area contributed by atoms with E-state index in [9.17, 15) is 8.42 Å². The summed E-state index contributed by atoms with van der Waals surface area (Å²) in [6.45, 7) is 4.74. The van der Waals surface area contributed by atoms with E-state index in [1.807, 2.05) is 12.1 Å². The maximum atomic E-state index is 11.1. The molecule has 0 unspecified atom stereocenters. The van der Waals surface area contributed by atoms with E-state index in [0.717, 1.165) is 5.56 Å². The van der Waals surface area contributed by atoms with E-state index < -0.39 is 9.05 Å². The average molecular weight is 325 g/mol. The Hall–Kier alpha value is -1.52. The van der Waals surface area contributed by atoms with Crippen LogP contribution in [-0.4, -0.2) is 8.42 Å². The van der Waals surface area contributed by atoms with Gasteiger partial charge < -0.3 is 4.74 Å². The molecule has 0 radical (unpaired) electrons. The summed E-state index contributed by atoms with van der Waals surface area (Å²) in [5, 5.41) is 0. The number of hydrogen-bond donors (Lipinski definition) is 0. The molecule has 5 heteroatoms. The minimum Gasteiger partial charge on any atom is -0.489 e. The third kappa shape index (κ3) is 4.48. The number of benzene rings is 2. The Labute approximate surface area is 129 Å². The lowest BCUT2D eigenvalue weighted by atomic mass is 10.0. The van der Waals surface area contributed by atoms with Gasteiger partial charge in [0.25, 0.3) is 9.05 Å². The standard InChI is InChI=1S/C16H17ClO3S/c1-12(2)14-5-3-13(4-6-14)11-20-15-7-9-16(10-8-15)21(17,18)19/h3-10,12H,11H2,1-2H3. The zero-order valence-electron chi connectivity index (χ0n) is 11.9. The summed E-state index contributed by atoms with van der Waals surface area (Å²) in [5.74, 6) is 1.11. The molecule has 0 spiro atoms. The Kier molecular flexibility index (Phi) is 4.91. The van der Waals surface area contributed by atoms with Gasteiger partial charge in [0.1, 0.15) is 12.4 Å². The van der Waals surface area contributed by atoms with Crippen molar-refractivity contribution in [3.05, 3.63) is 59.7 Å². The second kappa shape index (κ2) is 6.50. The van der Waals surface area contributed by atoms with Crippen LogP contribution >= 0.6 is 10.7 Å². The molecule has 0 saturated heterocycles. The molecule has 2 aromatic carbocycles. The summed E-state index contributed by atoms with van der Waals surface area (Å²) < 4.78 is 27.9. The number of ether oxygens (including phenoxy) is 1. The van der Waals surface area contributed by atoms with Gasteiger partial charge in [0.05, 0.1) is 4.90 Å². The van der Waals surface area contributed by atoms with Crippen molar-refractivity contribution in [1.82, 2.24) is 0 Å². The second-order valence-electron chi connectivity index (χ2n) is 5.09. The van der Waals surface area contributed by atoms with Gasteiger partial charge >= 0.3 is 0 Å². The Bertz CT molecular complexity index is 689. The molecular formula is C16H17ClO3S. The van der Waals surface area contributed by atoms with Gasteiger partial charge in [-0.1, -0.05) is 38.1 Å². The molecule has 21 heavy (non-hydrogen) atoms. The summed E-state index contributed by atoms with van der Waals surface area (Å²) >= 11 is 0. The first-order valence-electron chi connectivity index (χ1n) is 6.62. The van der Waals surface area contributed by atoms with Gasteiger partial charge in [-0.2, -0.15) is 0 Å². The lowest BCUT2D eigenvalue weighted by Gasteiger charge is -2.09. The third-order valence-electron chi connectivity index (χ3n) is 3.16. The Morgan fingerprint density at radius 1 is 1.00 bits per heavy atom. The predicted octanol–water partition coefficient (Wildman–Crippen LogP) is 4.32. The molecule has 0 aliphatic heterocycles. The molecule has 0 atom stereocenters. The summed E-state index contributed by atoms with van der Waals surface area (Å²) in [6.07, 6.45) is 0. The van der Waals surface area contributed by atoms with E-state index in [-0.39, 0.29) is 4.90 Å². The molecule has 0 amide bonds. The summed E-state index contributed by atoms with van der Waals surface area (Å²) in [7, 11) is 1.57. The summed E-state index contributed by atoms with van der Waals surface area (Å²) in [4.78, 5) is 0.0674. The van der Waals surface area contributed by atoms with E-state index in [1.165, 1.54) is 17.7 Å². The second-order valence-corrected chi connectivity index (χ2v) is 7.66. The van der Waals surface area contributed by atoms with Crippen molar-refractivity contribution >= 4 is 19.7 Å². The molecule has 0 saturated carbocycles. The average Bonchev–Trinajstić information content (AvgIpc) is 2.45. The molecule has 0 aromatic heterocycles. The van der Waals surface area contributed by atoms with Gasteiger partial charge in [0.2, 0.25) is 0 Å². The highest BCUT2D eigenvalue weighted by atomic mass is 35.7. The maximum Gasteiger partial charge on any atom is 0.261 e. The molecule has 3 nitrogen and oxygen atoms in total. The van der Waals surface area contributed by atoms with Crippen LogP contribution < -0.4 is 4.74 Å². The molecule has 2 aromatic rings. The number of rotatable bonds is 5. The first-order chi connectivity index (χ1) is 9.86. The van der Waals surface area contributed by atoms with Gasteiger partial charge in [-0.25, -0.2) is 8.42 Å². The van der Waals surface area contributed by atoms with Crippen LogP contribution in [0.5, 0.6) is 5.75 Å². The van der Waals surface area contributed by atoms with Crippen LogP contribution in [0.4, 0.5) is 0 Å². The normalized spacial score (nSPS) is 11.6. The quantitative estimate of drug-likeness (QED) is 0.769. The SMILES string of the molecule is CC(C)c1ccc(COc2ccc(S(=O)(=O)Cl)cc2)cc1. The highest BCUT2D eigenvalue weighted by Crippen LogP contribution is 2.20. The van der Waals surface area contributed by atoms with Crippen LogP contribution in [0.15, 0.2) is 53.4 Å².